The van der Waals surface area contributed by atoms with Crippen molar-refractivity contribution in [2.24, 2.45) is 5.92 Å². The highest BCUT2D eigenvalue weighted by Crippen LogP contribution is 2.29. The first-order valence-electron chi connectivity index (χ1n) is 8.39. The number of anilines is 2. The molecule has 0 bridgehead atoms. The quantitative estimate of drug-likeness (QED) is 0.846. The molecule has 5 nitrogen and oxygen atoms in total. The third kappa shape index (κ3) is 4.24. The molecule has 1 heterocycles. The van der Waals surface area contributed by atoms with Gasteiger partial charge in [0.15, 0.2) is 0 Å². The maximum absolute atomic E-state index is 12.4. The average Bonchev–Trinajstić information content (AvgIpc) is 2.51. The molecule has 2 amide bonds. The van der Waals surface area contributed by atoms with Crippen LogP contribution in [0.5, 0.6) is 0 Å². The van der Waals surface area contributed by atoms with Crippen molar-refractivity contribution < 1.29 is 9.59 Å². The van der Waals surface area contributed by atoms with Crippen molar-refractivity contribution in [1.29, 1.82) is 0 Å². The lowest BCUT2D eigenvalue weighted by molar-refractivity contribution is -0.117. The van der Waals surface area contributed by atoms with Gasteiger partial charge in [-0.2, -0.15) is 0 Å². The summed E-state index contributed by atoms with van der Waals surface area (Å²) in [6.45, 7) is 7.04. The number of carbonyl (C=O) groups is 2. The minimum atomic E-state index is -0.212. The Morgan fingerprint density at radius 1 is 1.30 bits per heavy atom. The van der Waals surface area contributed by atoms with Crippen LogP contribution in [0.15, 0.2) is 18.2 Å². The molecule has 0 aliphatic carbocycles. The Labute approximate surface area is 138 Å². The van der Waals surface area contributed by atoms with Crippen LogP contribution in [-0.4, -0.2) is 36.3 Å². The summed E-state index contributed by atoms with van der Waals surface area (Å²) < 4.78 is 0. The smallest absolute Gasteiger partial charge is 0.253 e. The number of hydrogen-bond donors (Lipinski definition) is 2. The topological polar surface area (TPSA) is 61.4 Å². The summed E-state index contributed by atoms with van der Waals surface area (Å²) >= 11 is 0. The standard InChI is InChI=1S/C18H27N3O2/c1-5-6-9-21(4)18(23)13-7-8-14-15(11-13)20-17(22)16(19-14)10-12(2)3/h7-8,11-12,16,19H,5-6,9-10H2,1-4H3,(H,20,22)/t16-/m0/s1. The molecular weight excluding hydrogens is 290 g/mol. The van der Waals surface area contributed by atoms with Gasteiger partial charge in [-0.25, -0.2) is 0 Å². The molecule has 0 spiro atoms. The monoisotopic (exact) mass is 317 g/mol. The van der Waals surface area contributed by atoms with Crippen molar-refractivity contribution in [3.05, 3.63) is 23.8 Å². The minimum absolute atomic E-state index is 0.0141. The number of rotatable bonds is 6. The van der Waals surface area contributed by atoms with Crippen molar-refractivity contribution in [2.45, 2.75) is 46.1 Å². The molecule has 0 aromatic heterocycles. The molecule has 2 N–H and O–H groups in total. The predicted molar refractivity (Wildman–Crippen MR) is 93.8 cm³/mol. The number of fused-ring (bicyclic) bond motifs is 1. The fourth-order valence-corrected chi connectivity index (χ4v) is 2.73. The number of carbonyl (C=O) groups excluding carboxylic acids is 2. The predicted octanol–water partition coefficient (Wildman–Crippen LogP) is 3.34. The van der Waals surface area contributed by atoms with E-state index in [4.69, 9.17) is 0 Å². The third-order valence-corrected chi connectivity index (χ3v) is 4.07. The van der Waals surface area contributed by atoms with Crippen molar-refractivity contribution in [3.8, 4) is 0 Å². The summed E-state index contributed by atoms with van der Waals surface area (Å²) in [5.41, 5.74) is 2.17. The Balaban J connectivity index is 2.13. The van der Waals surface area contributed by atoms with Crippen LogP contribution in [-0.2, 0) is 4.79 Å². The van der Waals surface area contributed by atoms with E-state index in [0.717, 1.165) is 31.5 Å². The van der Waals surface area contributed by atoms with E-state index in [1.54, 1.807) is 11.0 Å². The molecule has 23 heavy (non-hydrogen) atoms. The van der Waals surface area contributed by atoms with Gasteiger partial charge in [0.25, 0.3) is 5.91 Å². The van der Waals surface area contributed by atoms with Gasteiger partial charge in [0.05, 0.1) is 11.4 Å². The van der Waals surface area contributed by atoms with Crippen LogP contribution in [0.25, 0.3) is 0 Å². The Morgan fingerprint density at radius 2 is 2.04 bits per heavy atom. The minimum Gasteiger partial charge on any atom is -0.372 e. The zero-order chi connectivity index (χ0) is 17.0. The Morgan fingerprint density at radius 3 is 2.70 bits per heavy atom. The highest BCUT2D eigenvalue weighted by molar-refractivity contribution is 6.05. The Bertz CT molecular complexity index is 584. The highest BCUT2D eigenvalue weighted by Gasteiger charge is 2.26. The van der Waals surface area contributed by atoms with Crippen LogP contribution in [0, 0.1) is 5.92 Å². The van der Waals surface area contributed by atoms with Gasteiger partial charge in [-0.15, -0.1) is 0 Å². The van der Waals surface area contributed by atoms with Crippen molar-refractivity contribution >= 4 is 23.2 Å². The van der Waals surface area contributed by atoms with Gasteiger partial charge in [-0.1, -0.05) is 27.2 Å². The first-order chi connectivity index (χ1) is 10.9. The molecule has 0 saturated heterocycles. The van der Waals surface area contributed by atoms with Crippen LogP contribution < -0.4 is 10.6 Å². The summed E-state index contributed by atoms with van der Waals surface area (Å²) in [7, 11) is 1.81. The van der Waals surface area contributed by atoms with Crippen molar-refractivity contribution in [3.63, 3.8) is 0 Å². The van der Waals surface area contributed by atoms with E-state index < -0.39 is 0 Å². The second-order valence-electron chi connectivity index (χ2n) is 6.66. The summed E-state index contributed by atoms with van der Waals surface area (Å²) in [5.74, 6) is 0.391. The van der Waals surface area contributed by atoms with Gasteiger partial charge in [-0.3, -0.25) is 9.59 Å². The molecule has 1 aliphatic heterocycles. The van der Waals surface area contributed by atoms with Gasteiger partial charge < -0.3 is 15.5 Å². The van der Waals surface area contributed by atoms with Crippen molar-refractivity contribution in [2.75, 3.05) is 24.2 Å². The van der Waals surface area contributed by atoms with Gasteiger partial charge >= 0.3 is 0 Å². The van der Waals surface area contributed by atoms with Crippen LogP contribution in [0.2, 0.25) is 0 Å². The molecule has 2 rings (SSSR count). The molecule has 1 aliphatic rings. The van der Waals surface area contributed by atoms with Crippen LogP contribution >= 0.6 is 0 Å². The molecule has 0 fully saturated rings. The first-order valence-corrected chi connectivity index (χ1v) is 8.39. The largest absolute Gasteiger partial charge is 0.372 e. The third-order valence-electron chi connectivity index (χ3n) is 4.07. The van der Waals surface area contributed by atoms with Gasteiger partial charge in [-0.05, 0) is 37.0 Å². The summed E-state index contributed by atoms with van der Waals surface area (Å²) in [6.07, 6.45) is 2.83. The maximum Gasteiger partial charge on any atom is 0.253 e. The van der Waals surface area contributed by atoms with E-state index in [9.17, 15) is 9.59 Å². The fraction of sp³-hybridized carbons (Fsp3) is 0.556. The lowest BCUT2D eigenvalue weighted by Crippen LogP contribution is -2.39. The Hall–Kier alpha value is -2.04. The number of amides is 2. The number of hydrogen-bond acceptors (Lipinski definition) is 3. The molecule has 0 radical (unpaired) electrons. The molecule has 0 saturated carbocycles. The number of nitrogens with one attached hydrogen (secondary N) is 2. The normalized spacial score (nSPS) is 16.6. The molecule has 1 aromatic rings. The van der Waals surface area contributed by atoms with Crippen LogP contribution in [0.3, 0.4) is 0 Å². The van der Waals surface area contributed by atoms with E-state index in [2.05, 4.69) is 31.4 Å². The Kier molecular flexibility index (Phi) is 5.64. The molecule has 126 valence electrons. The van der Waals surface area contributed by atoms with Gasteiger partial charge in [0, 0.05) is 19.2 Å². The number of benzene rings is 1. The zero-order valence-electron chi connectivity index (χ0n) is 14.5. The zero-order valence-corrected chi connectivity index (χ0v) is 14.5. The van der Waals surface area contributed by atoms with E-state index in [1.807, 2.05) is 19.2 Å². The maximum atomic E-state index is 12.4. The molecule has 0 unspecified atom stereocenters. The number of nitrogens with zero attached hydrogens (tertiary/aromatic N) is 1. The second-order valence-corrected chi connectivity index (χ2v) is 6.66. The summed E-state index contributed by atoms with van der Waals surface area (Å²) in [6, 6.07) is 5.25. The van der Waals surface area contributed by atoms with E-state index in [-0.39, 0.29) is 17.9 Å². The summed E-state index contributed by atoms with van der Waals surface area (Å²) in [5, 5.41) is 6.19. The molecule has 5 heteroatoms. The van der Waals surface area contributed by atoms with E-state index in [1.165, 1.54) is 0 Å². The molecule has 1 atom stereocenters. The average molecular weight is 317 g/mol. The lowest BCUT2D eigenvalue weighted by Gasteiger charge is -2.28. The van der Waals surface area contributed by atoms with Crippen LogP contribution in [0.4, 0.5) is 11.4 Å². The lowest BCUT2D eigenvalue weighted by atomic mass is 10.00. The SMILES string of the molecule is CCCCN(C)C(=O)c1ccc2c(c1)NC(=O)[C@H](CC(C)C)N2. The van der Waals surface area contributed by atoms with Crippen LogP contribution in [0.1, 0.15) is 50.4 Å². The first kappa shape index (κ1) is 17.3. The van der Waals surface area contributed by atoms with Gasteiger partial charge in [0.2, 0.25) is 5.91 Å². The second kappa shape index (κ2) is 7.49. The number of unbranched alkanes of at least 4 members (excludes halogenated alkanes) is 1. The highest BCUT2D eigenvalue weighted by atomic mass is 16.2. The van der Waals surface area contributed by atoms with Crippen molar-refractivity contribution in [1.82, 2.24) is 4.90 Å². The van der Waals surface area contributed by atoms with E-state index >= 15 is 0 Å². The van der Waals surface area contributed by atoms with E-state index in [0.29, 0.717) is 17.2 Å². The molecular formula is C18H27N3O2. The van der Waals surface area contributed by atoms with Gasteiger partial charge in [0.1, 0.15) is 6.04 Å². The fourth-order valence-electron chi connectivity index (χ4n) is 2.73. The summed E-state index contributed by atoms with van der Waals surface area (Å²) in [4.78, 5) is 26.3. The molecule has 1 aromatic carbocycles.